The Morgan fingerprint density at radius 2 is 1.58 bits per heavy atom. The van der Waals surface area contributed by atoms with Crippen molar-refractivity contribution >= 4 is 11.9 Å². The molecule has 9 nitrogen and oxygen atoms in total. The molecule has 0 bridgehead atoms. The molecule has 9 heteroatoms. The van der Waals surface area contributed by atoms with Crippen molar-refractivity contribution in [3.63, 3.8) is 0 Å². The summed E-state index contributed by atoms with van der Waals surface area (Å²) in [4.78, 5) is 36.6. The van der Waals surface area contributed by atoms with Crippen LogP contribution in [0.1, 0.15) is 68.9 Å². The summed E-state index contributed by atoms with van der Waals surface area (Å²) in [6, 6.07) is 14.1. The molecule has 1 heterocycles. The van der Waals surface area contributed by atoms with E-state index in [4.69, 9.17) is 9.47 Å². The number of carbonyl (C=O) groups is 2. The molecule has 0 spiro atoms. The van der Waals surface area contributed by atoms with Crippen molar-refractivity contribution in [3.8, 4) is 5.75 Å². The molecule has 0 aliphatic rings. The van der Waals surface area contributed by atoms with Gasteiger partial charge in [-0.3, -0.25) is 4.57 Å². The minimum Gasteiger partial charge on any atom is -0.478 e. The van der Waals surface area contributed by atoms with Crippen LogP contribution in [0.5, 0.6) is 5.75 Å². The molecule has 3 aromatic rings. The average molecular weight is 496 g/mol. The highest BCUT2D eigenvalue weighted by Gasteiger charge is 2.29. The third kappa shape index (κ3) is 6.21. The molecule has 3 rings (SSSR count). The van der Waals surface area contributed by atoms with Crippen molar-refractivity contribution in [2.45, 2.75) is 72.3 Å². The van der Waals surface area contributed by atoms with E-state index >= 15 is 0 Å². The largest absolute Gasteiger partial charge is 0.478 e. The molecular formula is C27H33N3O6. The Balaban J connectivity index is 1.68. The number of aliphatic carboxylic acids is 1. The van der Waals surface area contributed by atoms with Crippen LogP contribution in [-0.2, 0) is 34.6 Å². The topological polar surface area (TPSA) is 113 Å². The minimum atomic E-state index is -1.40. The summed E-state index contributed by atoms with van der Waals surface area (Å²) in [5.41, 5.74) is 0.779. The fourth-order valence-electron chi connectivity index (χ4n) is 3.51. The maximum atomic E-state index is 12.8. The molecule has 36 heavy (non-hydrogen) atoms. The number of nitrogens with zero attached hydrogens (tertiary/aromatic N) is 3. The summed E-state index contributed by atoms with van der Waals surface area (Å²) in [7, 11) is 0. The molecule has 0 saturated heterocycles. The summed E-state index contributed by atoms with van der Waals surface area (Å²) in [6.45, 7) is 11.7. The van der Waals surface area contributed by atoms with Gasteiger partial charge in [0.1, 0.15) is 5.75 Å². The van der Waals surface area contributed by atoms with Gasteiger partial charge in [-0.25, -0.2) is 19.1 Å². The van der Waals surface area contributed by atoms with Gasteiger partial charge in [-0.2, -0.15) is 5.10 Å². The van der Waals surface area contributed by atoms with Crippen LogP contribution in [0.3, 0.4) is 0 Å². The monoisotopic (exact) mass is 495 g/mol. The van der Waals surface area contributed by atoms with E-state index < -0.39 is 17.5 Å². The molecule has 1 aromatic heterocycles. The second-order valence-electron chi connectivity index (χ2n) is 10.1. The van der Waals surface area contributed by atoms with E-state index in [1.807, 2.05) is 19.1 Å². The Labute approximate surface area is 210 Å². The molecule has 0 saturated carbocycles. The highest BCUT2D eigenvalue weighted by atomic mass is 16.5. The number of rotatable bonds is 9. The number of carbonyl (C=O) groups excluding carboxylic acids is 1. The summed E-state index contributed by atoms with van der Waals surface area (Å²) < 4.78 is 13.7. The SMILES string of the molecule is CCn1c(COC(=O)c2ccc(OC(C)(C)C(=O)O)cc2)nn(Cc2ccc(C(C)(C)C)cc2)c1=O. The Morgan fingerprint density at radius 1 is 0.972 bits per heavy atom. The van der Waals surface area contributed by atoms with Crippen LogP contribution < -0.4 is 10.4 Å². The van der Waals surface area contributed by atoms with Crippen molar-refractivity contribution in [3.05, 3.63) is 81.5 Å². The zero-order valence-corrected chi connectivity index (χ0v) is 21.6. The lowest BCUT2D eigenvalue weighted by Crippen LogP contribution is -2.37. The lowest BCUT2D eigenvalue weighted by atomic mass is 9.87. The van der Waals surface area contributed by atoms with Gasteiger partial charge in [-0.05, 0) is 61.6 Å². The molecule has 0 atom stereocenters. The van der Waals surface area contributed by atoms with Gasteiger partial charge < -0.3 is 14.6 Å². The van der Waals surface area contributed by atoms with Gasteiger partial charge >= 0.3 is 17.6 Å². The van der Waals surface area contributed by atoms with Crippen molar-refractivity contribution in [1.82, 2.24) is 14.3 Å². The van der Waals surface area contributed by atoms with Crippen LogP contribution in [-0.4, -0.2) is 37.0 Å². The molecule has 2 aromatic carbocycles. The molecule has 0 aliphatic heterocycles. The van der Waals surface area contributed by atoms with Gasteiger partial charge in [-0.1, -0.05) is 45.0 Å². The Morgan fingerprint density at radius 3 is 2.11 bits per heavy atom. The number of aromatic nitrogens is 3. The smallest absolute Gasteiger partial charge is 0.347 e. The van der Waals surface area contributed by atoms with Gasteiger partial charge in [0.2, 0.25) is 0 Å². The van der Waals surface area contributed by atoms with Crippen molar-refractivity contribution in [1.29, 1.82) is 0 Å². The third-order valence-corrected chi connectivity index (χ3v) is 5.78. The molecule has 0 radical (unpaired) electrons. The lowest BCUT2D eigenvalue weighted by molar-refractivity contribution is -0.152. The van der Waals surface area contributed by atoms with Gasteiger partial charge in [0.05, 0.1) is 12.1 Å². The second kappa shape index (κ2) is 10.4. The Bertz CT molecular complexity index is 1280. The zero-order valence-electron chi connectivity index (χ0n) is 21.6. The number of esters is 1. The molecule has 0 unspecified atom stereocenters. The van der Waals surface area contributed by atoms with E-state index in [0.29, 0.717) is 24.7 Å². The molecule has 0 amide bonds. The Hall–Kier alpha value is -3.88. The first kappa shape index (κ1) is 26.7. The first-order valence-corrected chi connectivity index (χ1v) is 11.8. The van der Waals surface area contributed by atoms with Crippen molar-refractivity contribution in [2.75, 3.05) is 0 Å². The summed E-state index contributed by atoms with van der Waals surface area (Å²) in [6.07, 6.45) is 0. The van der Waals surface area contributed by atoms with Crippen LogP contribution in [0.2, 0.25) is 0 Å². The average Bonchev–Trinajstić information content (AvgIpc) is 3.11. The quantitative estimate of drug-likeness (QED) is 0.446. The van der Waals surface area contributed by atoms with E-state index in [1.165, 1.54) is 52.9 Å². The third-order valence-electron chi connectivity index (χ3n) is 5.78. The van der Waals surface area contributed by atoms with E-state index in [2.05, 4.69) is 38.0 Å². The van der Waals surface area contributed by atoms with Crippen LogP contribution in [0.4, 0.5) is 0 Å². The highest BCUT2D eigenvalue weighted by molar-refractivity contribution is 5.89. The Kier molecular flexibility index (Phi) is 7.71. The molecule has 0 fully saturated rings. The molecular weight excluding hydrogens is 462 g/mol. The normalized spacial score (nSPS) is 11.8. The number of benzene rings is 2. The summed E-state index contributed by atoms with van der Waals surface area (Å²) in [5.74, 6) is -1.03. The standard InChI is InChI=1S/C27H33N3O6/c1-7-29-22(28-30(25(29)34)16-18-8-12-20(13-9-18)26(2,3)4)17-35-23(31)19-10-14-21(15-11-19)36-27(5,6)24(32)33/h8-15H,7,16-17H2,1-6H3,(H,32,33). The van der Waals surface area contributed by atoms with Crippen LogP contribution in [0.15, 0.2) is 53.3 Å². The van der Waals surface area contributed by atoms with E-state index in [1.54, 1.807) is 0 Å². The second-order valence-corrected chi connectivity index (χ2v) is 10.1. The first-order chi connectivity index (χ1) is 16.8. The maximum absolute atomic E-state index is 12.8. The van der Waals surface area contributed by atoms with E-state index in [-0.39, 0.29) is 23.3 Å². The van der Waals surface area contributed by atoms with E-state index in [0.717, 1.165) is 5.56 Å². The van der Waals surface area contributed by atoms with Gasteiger partial charge in [-0.15, -0.1) is 0 Å². The first-order valence-electron chi connectivity index (χ1n) is 11.8. The van der Waals surface area contributed by atoms with Crippen molar-refractivity contribution in [2.24, 2.45) is 0 Å². The fourth-order valence-corrected chi connectivity index (χ4v) is 3.51. The number of carboxylic acid groups (broad SMARTS) is 1. The molecule has 1 N–H and O–H groups in total. The van der Waals surface area contributed by atoms with Gasteiger partial charge in [0.15, 0.2) is 18.0 Å². The van der Waals surface area contributed by atoms with Crippen LogP contribution >= 0.6 is 0 Å². The fraction of sp³-hybridized carbons (Fsp3) is 0.407. The van der Waals surface area contributed by atoms with Crippen molar-refractivity contribution < 1.29 is 24.2 Å². The summed E-state index contributed by atoms with van der Waals surface area (Å²) >= 11 is 0. The number of hydrogen-bond donors (Lipinski definition) is 1. The van der Waals surface area contributed by atoms with Crippen LogP contribution in [0, 0.1) is 0 Å². The minimum absolute atomic E-state index is 0.0403. The lowest BCUT2D eigenvalue weighted by Gasteiger charge is -2.21. The summed E-state index contributed by atoms with van der Waals surface area (Å²) in [5, 5.41) is 13.6. The molecule has 0 aliphatic carbocycles. The highest BCUT2D eigenvalue weighted by Crippen LogP contribution is 2.22. The number of hydrogen-bond acceptors (Lipinski definition) is 6. The molecule has 192 valence electrons. The predicted molar refractivity (Wildman–Crippen MR) is 134 cm³/mol. The predicted octanol–water partition coefficient (Wildman–Crippen LogP) is 4.01. The van der Waals surface area contributed by atoms with E-state index in [9.17, 15) is 19.5 Å². The van der Waals surface area contributed by atoms with Crippen LogP contribution in [0.25, 0.3) is 0 Å². The maximum Gasteiger partial charge on any atom is 0.347 e. The zero-order chi connectivity index (χ0) is 26.7. The number of carboxylic acids is 1. The number of ether oxygens (including phenoxy) is 2. The van der Waals surface area contributed by atoms with Gasteiger partial charge in [0.25, 0.3) is 0 Å². The van der Waals surface area contributed by atoms with Gasteiger partial charge in [0, 0.05) is 6.54 Å².